The molecule has 3 aromatic carbocycles. The molecular weight excluding hydrogens is 439 g/mol. The number of rotatable bonds is 5. The average molecular weight is 455 g/mol. The van der Waals surface area contributed by atoms with Crippen LogP contribution >= 0.6 is 34.5 Å². The number of para-hydroxylation sites is 1. The van der Waals surface area contributed by atoms with Crippen LogP contribution in [0.25, 0.3) is 26.9 Å². The van der Waals surface area contributed by atoms with Crippen LogP contribution in [-0.4, -0.2) is 18.0 Å². The van der Waals surface area contributed by atoms with Crippen LogP contribution in [0, 0.1) is 0 Å². The predicted octanol–water partition coefficient (Wildman–Crippen LogP) is 6.93. The number of methoxy groups -OCH3 is 1. The second-order valence-corrected chi connectivity index (χ2v) is 8.27. The minimum Gasteiger partial charge on any atom is -0.495 e. The Bertz CT molecular complexity index is 1230. The third-order valence-corrected chi connectivity index (χ3v) is 5.91. The number of carbonyl (C=O) groups is 1. The van der Waals surface area contributed by atoms with E-state index in [2.05, 4.69) is 10.3 Å². The summed E-state index contributed by atoms with van der Waals surface area (Å²) in [5, 5.41) is 4.62. The van der Waals surface area contributed by atoms with Gasteiger partial charge in [-0.3, -0.25) is 4.79 Å². The van der Waals surface area contributed by atoms with E-state index < -0.39 is 0 Å². The summed E-state index contributed by atoms with van der Waals surface area (Å²) in [5.74, 6) is 0.178. The average Bonchev–Trinajstić information content (AvgIpc) is 3.16. The Morgan fingerprint density at radius 1 is 1.10 bits per heavy atom. The van der Waals surface area contributed by atoms with Gasteiger partial charge in [-0.15, -0.1) is 11.3 Å². The molecule has 0 aliphatic rings. The minimum atomic E-state index is -0.283. The Hall–Kier alpha value is -2.86. The second-order valence-electron chi connectivity index (χ2n) is 6.40. The normalized spacial score (nSPS) is 11.2. The lowest BCUT2D eigenvalue weighted by Gasteiger charge is -2.08. The summed E-state index contributed by atoms with van der Waals surface area (Å²) in [5.41, 5.74) is 3.20. The van der Waals surface area contributed by atoms with Crippen molar-refractivity contribution in [2.45, 2.75) is 0 Å². The first-order chi connectivity index (χ1) is 14.5. The van der Waals surface area contributed by atoms with Gasteiger partial charge in [0.25, 0.3) is 0 Å². The smallest absolute Gasteiger partial charge is 0.248 e. The Morgan fingerprint density at radius 3 is 2.73 bits per heavy atom. The number of nitrogens with one attached hydrogen (secondary N) is 1. The quantitative estimate of drug-likeness (QED) is 0.332. The van der Waals surface area contributed by atoms with E-state index in [-0.39, 0.29) is 5.91 Å². The number of anilines is 1. The van der Waals surface area contributed by atoms with Gasteiger partial charge < -0.3 is 10.1 Å². The first-order valence-electron chi connectivity index (χ1n) is 9.01. The first kappa shape index (κ1) is 20.4. The standard InChI is InChI=1S/C23H16Cl2N2O2S/c1-29-22-14(11-16(24)13-18(22)25)9-10-21(28)26-17-6-4-5-15(12-17)23-27-19-7-2-3-8-20(19)30-23/h2-13H,1H3,(H,26,28). The molecule has 0 aliphatic heterocycles. The molecule has 7 heteroatoms. The Kier molecular flexibility index (Phi) is 6.04. The lowest BCUT2D eigenvalue weighted by Crippen LogP contribution is -2.07. The van der Waals surface area contributed by atoms with Crippen LogP contribution < -0.4 is 10.1 Å². The van der Waals surface area contributed by atoms with Crippen molar-refractivity contribution in [1.29, 1.82) is 0 Å². The number of ether oxygens (including phenoxy) is 1. The number of amides is 1. The number of thiazole rings is 1. The number of halogens is 2. The van der Waals surface area contributed by atoms with Gasteiger partial charge in [0, 0.05) is 27.9 Å². The highest BCUT2D eigenvalue weighted by Gasteiger charge is 2.09. The fraction of sp³-hybridized carbons (Fsp3) is 0.0435. The van der Waals surface area contributed by atoms with Crippen molar-refractivity contribution >= 4 is 62.4 Å². The Balaban J connectivity index is 1.53. The van der Waals surface area contributed by atoms with Crippen molar-refractivity contribution in [3.63, 3.8) is 0 Å². The molecule has 0 fully saturated rings. The number of nitrogens with zero attached hydrogens (tertiary/aromatic N) is 1. The van der Waals surface area contributed by atoms with Crippen LogP contribution in [0.3, 0.4) is 0 Å². The highest BCUT2D eigenvalue weighted by atomic mass is 35.5. The Morgan fingerprint density at radius 2 is 1.93 bits per heavy atom. The van der Waals surface area contributed by atoms with Gasteiger partial charge >= 0.3 is 0 Å². The number of benzene rings is 3. The molecule has 0 radical (unpaired) electrons. The lowest BCUT2D eigenvalue weighted by molar-refractivity contribution is -0.111. The van der Waals surface area contributed by atoms with E-state index in [9.17, 15) is 4.79 Å². The molecular formula is C23H16Cl2N2O2S. The zero-order valence-electron chi connectivity index (χ0n) is 15.9. The summed E-state index contributed by atoms with van der Waals surface area (Å²) in [7, 11) is 1.51. The van der Waals surface area contributed by atoms with E-state index in [0.29, 0.717) is 27.0 Å². The summed E-state index contributed by atoms with van der Waals surface area (Å²) >= 11 is 13.8. The maximum Gasteiger partial charge on any atom is 0.248 e. The van der Waals surface area contributed by atoms with E-state index in [0.717, 1.165) is 20.8 Å². The molecule has 4 nitrogen and oxygen atoms in total. The van der Waals surface area contributed by atoms with Gasteiger partial charge in [0.15, 0.2) is 0 Å². The van der Waals surface area contributed by atoms with Crippen LogP contribution in [0.2, 0.25) is 10.0 Å². The molecule has 1 amide bonds. The van der Waals surface area contributed by atoms with Gasteiger partial charge in [-0.2, -0.15) is 0 Å². The molecule has 1 N–H and O–H groups in total. The SMILES string of the molecule is COc1c(Cl)cc(Cl)cc1C=CC(=O)Nc1cccc(-c2nc3ccccc3s2)c1. The summed E-state index contributed by atoms with van der Waals surface area (Å²) in [6.07, 6.45) is 3.03. The molecule has 0 unspecified atom stereocenters. The molecule has 1 aromatic heterocycles. The fourth-order valence-corrected chi connectivity index (χ4v) is 4.54. The third-order valence-electron chi connectivity index (χ3n) is 4.33. The molecule has 30 heavy (non-hydrogen) atoms. The highest BCUT2D eigenvalue weighted by molar-refractivity contribution is 7.21. The number of hydrogen-bond donors (Lipinski definition) is 1. The number of hydrogen-bond acceptors (Lipinski definition) is 4. The van der Waals surface area contributed by atoms with Gasteiger partial charge in [-0.25, -0.2) is 4.98 Å². The molecule has 1 heterocycles. The lowest BCUT2D eigenvalue weighted by atomic mass is 10.1. The first-order valence-corrected chi connectivity index (χ1v) is 10.6. The maximum absolute atomic E-state index is 12.4. The van der Waals surface area contributed by atoms with Crippen LogP contribution in [0.4, 0.5) is 5.69 Å². The highest BCUT2D eigenvalue weighted by Crippen LogP contribution is 2.33. The molecule has 0 atom stereocenters. The van der Waals surface area contributed by atoms with Crippen molar-refractivity contribution in [2.75, 3.05) is 12.4 Å². The van der Waals surface area contributed by atoms with E-state index >= 15 is 0 Å². The van der Waals surface area contributed by atoms with Crippen molar-refractivity contribution < 1.29 is 9.53 Å². The van der Waals surface area contributed by atoms with Crippen LogP contribution in [-0.2, 0) is 4.79 Å². The third kappa shape index (κ3) is 4.49. The van der Waals surface area contributed by atoms with Gasteiger partial charge in [0.1, 0.15) is 10.8 Å². The van der Waals surface area contributed by atoms with E-state index in [1.165, 1.54) is 13.2 Å². The summed E-state index contributed by atoms with van der Waals surface area (Å²) < 4.78 is 6.42. The predicted molar refractivity (Wildman–Crippen MR) is 126 cm³/mol. The molecule has 4 rings (SSSR count). The number of carbonyl (C=O) groups excluding carboxylic acids is 1. The van der Waals surface area contributed by atoms with Crippen molar-refractivity contribution in [3.05, 3.63) is 82.3 Å². The molecule has 0 bridgehead atoms. The van der Waals surface area contributed by atoms with Gasteiger partial charge in [-0.1, -0.05) is 47.5 Å². The van der Waals surface area contributed by atoms with Crippen molar-refractivity contribution in [1.82, 2.24) is 4.98 Å². The molecule has 0 spiro atoms. The van der Waals surface area contributed by atoms with Crippen molar-refractivity contribution in [2.24, 2.45) is 0 Å². The fourth-order valence-electron chi connectivity index (χ4n) is 2.99. The number of aromatic nitrogens is 1. The maximum atomic E-state index is 12.4. The van der Waals surface area contributed by atoms with Crippen LogP contribution in [0.5, 0.6) is 5.75 Å². The van der Waals surface area contributed by atoms with E-state index in [4.69, 9.17) is 27.9 Å². The summed E-state index contributed by atoms with van der Waals surface area (Å²) in [6, 6.07) is 18.9. The monoisotopic (exact) mass is 454 g/mol. The molecule has 0 aliphatic carbocycles. The summed E-state index contributed by atoms with van der Waals surface area (Å²) in [4.78, 5) is 17.1. The van der Waals surface area contributed by atoms with E-state index in [1.807, 2.05) is 48.5 Å². The largest absolute Gasteiger partial charge is 0.495 e. The van der Waals surface area contributed by atoms with Crippen molar-refractivity contribution in [3.8, 4) is 16.3 Å². The van der Waals surface area contributed by atoms with Gasteiger partial charge in [-0.05, 0) is 42.5 Å². The van der Waals surface area contributed by atoms with Gasteiger partial charge in [0.2, 0.25) is 5.91 Å². The molecule has 0 saturated heterocycles. The van der Waals surface area contributed by atoms with Gasteiger partial charge in [0.05, 0.1) is 22.3 Å². The van der Waals surface area contributed by atoms with Crippen LogP contribution in [0.15, 0.2) is 66.7 Å². The Labute approximate surface area is 187 Å². The minimum absolute atomic E-state index is 0.283. The summed E-state index contributed by atoms with van der Waals surface area (Å²) in [6.45, 7) is 0. The zero-order valence-corrected chi connectivity index (χ0v) is 18.2. The molecule has 150 valence electrons. The molecule has 0 saturated carbocycles. The molecule has 4 aromatic rings. The zero-order chi connectivity index (χ0) is 21.1. The van der Waals surface area contributed by atoms with E-state index in [1.54, 1.807) is 29.5 Å². The van der Waals surface area contributed by atoms with Crippen LogP contribution in [0.1, 0.15) is 5.56 Å². The number of fused-ring (bicyclic) bond motifs is 1. The second kappa shape index (κ2) is 8.88. The topological polar surface area (TPSA) is 51.2 Å².